The van der Waals surface area contributed by atoms with Gasteiger partial charge in [0.1, 0.15) is 12.4 Å². The summed E-state index contributed by atoms with van der Waals surface area (Å²) in [6.45, 7) is 3.21. The number of morpholine rings is 1. The summed E-state index contributed by atoms with van der Waals surface area (Å²) in [5.41, 5.74) is 2.43. The average molecular weight is 378 g/mol. The molecule has 0 saturated carbocycles. The molecule has 1 aromatic heterocycles. The van der Waals surface area contributed by atoms with Crippen molar-refractivity contribution >= 4 is 17.3 Å². The van der Waals surface area contributed by atoms with E-state index < -0.39 is 0 Å². The first-order valence-electron chi connectivity index (χ1n) is 9.28. The highest BCUT2D eigenvalue weighted by atomic mass is 16.5. The maximum absolute atomic E-state index is 12.8. The van der Waals surface area contributed by atoms with Crippen LogP contribution in [0.25, 0.3) is 0 Å². The molecule has 1 N–H and O–H groups in total. The summed E-state index contributed by atoms with van der Waals surface area (Å²) in [4.78, 5) is 15.0. The fourth-order valence-corrected chi connectivity index (χ4v) is 3.16. The standard InChI is InChI=1S/C22H22N2O4/c25-22(21-17(10-13-27-21)16-28-18-6-2-1-3-7-18)23-19-8-4-5-9-20(19)24-11-14-26-15-12-24/h1-10,13H,11-12,14-16H2,(H,23,25). The number of ether oxygens (including phenoxy) is 2. The second-order valence-corrected chi connectivity index (χ2v) is 6.45. The summed E-state index contributed by atoms with van der Waals surface area (Å²) in [6, 6.07) is 19.0. The number of nitrogens with one attached hydrogen (secondary N) is 1. The fourth-order valence-electron chi connectivity index (χ4n) is 3.16. The van der Waals surface area contributed by atoms with Crippen molar-refractivity contribution in [3.05, 3.63) is 78.3 Å². The molecule has 6 nitrogen and oxygen atoms in total. The molecule has 1 aliphatic rings. The summed E-state index contributed by atoms with van der Waals surface area (Å²) >= 11 is 0. The predicted octanol–water partition coefficient (Wildman–Crippen LogP) is 3.95. The van der Waals surface area contributed by atoms with Gasteiger partial charge in [0, 0.05) is 18.7 Å². The lowest BCUT2D eigenvalue weighted by Gasteiger charge is -2.30. The maximum atomic E-state index is 12.8. The van der Waals surface area contributed by atoms with Crippen molar-refractivity contribution < 1.29 is 18.7 Å². The van der Waals surface area contributed by atoms with E-state index in [1.807, 2.05) is 54.6 Å². The van der Waals surface area contributed by atoms with Crippen LogP contribution in [-0.4, -0.2) is 32.2 Å². The largest absolute Gasteiger partial charge is 0.489 e. The van der Waals surface area contributed by atoms with E-state index in [9.17, 15) is 4.79 Å². The van der Waals surface area contributed by atoms with Gasteiger partial charge in [0.25, 0.3) is 5.91 Å². The molecule has 2 aromatic carbocycles. The predicted molar refractivity (Wildman–Crippen MR) is 107 cm³/mol. The summed E-state index contributed by atoms with van der Waals surface area (Å²) in [7, 11) is 0. The second-order valence-electron chi connectivity index (χ2n) is 6.45. The van der Waals surface area contributed by atoms with Crippen molar-refractivity contribution in [2.24, 2.45) is 0 Å². The lowest BCUT2D eigenvalue weighted by atomic mass is 10.2. The van der Waals surface area contributed by atoms with E-state index in [0.717, 1.165) is 30.2 Å². The Morgan fingerprint density at radius 1 is 1.00 bits per heavy atom. The van der Waals surface area contributed by atoms with E-state index in [1.165, 1.54) is 6.26 Å². The number of hydrogen-bond donors (Lipinski definition) is 1. The van der Waals surface area contributed by atoms with Gasteiger partial charge in [-0.15, -0.1) is 0 Å². The van der Waals surface area contributed by atoms with Crippen molar-refractivity contribution in [3.8, 4) is 5.75 Å². The molecule has 1 fully saturated rings. The van der Waals surface area contributed by atoms with Crippen LogP contribution in [0, 0.1) is 0 Å². The molecule has 0 aliphatic carbocycles. The minimum Gasteiger partial charge on any atom is -0.489 e. The SMILES string of the molecule is O=C(Nc1ccccc1N1CCOCC1)c1occc1COc1ccccc1. The van der Waals surface area contributed by atoms with Gasteiger partial charge in [0.05, 0.1) is 30.9 Å². The van der Waals surface area contributed by atoms with E-state index in [1.54, 1.807) is 6.07 Å². The number of para-hydroxylation sites is 3. The van der Waals surface area contributed by atoms with E-state index in [2.05, 4.69) is 10.2 Å². The number of benzene rings is 2. The number of furan rings is 1. The smallest absolute Gasteiger partial charge is 0.291 e. The summed E-state index contributed by atoms with van der Waals surface area (Å²) in [5.74, 6) is 0.706. The molecule has 28 heavy (non-hydrogen) atoms. The Bertz CT molecular complexity index is 917. The molecule has 1 aliphatic heterocycles. The molecule has 0 bridgehead atoms. The Hall–Kier alpha value is -3.25. The van der Waals surface area contributed by atoms with Gasteiger partial charge in [-0.3, -0.25) is 4.79 Å². The monoisotopic (exact) mass is 378 g/mol. The molecule has 0 atom stereocenters. The Kier molecular flexibility index (Phi) is 5.58. The van der Waals surface area contributed by atoms with Gasteiger partial charge >= 0.3 is 0 Å². The van der Waals surface area contributed by atoms with Gasteiger partial charge in [0.15, 0.2) is 5.76 Å². The van der Waals surface area contributed by atoms with E-state index >= 15 is 0 Å². The summed E-state index contributed by atoms with van der Waals surface area (Å²) in [5, 5.41) is 2.98. The second kappa shape index (κ2) is 8.63. The number of amides is 1. The Morgan fingerprint density at radius 2 is 1.75 bits per heavy atom. The normalized spacial score (nSPS) is 13.9. The van der Waals surface area contributed by atoms with Crippen molar-refractivity contribution in [3.63, 3.8) is 0 Å². The number of anilines is 2. The van der Waals surface area contributed by atoms with Crippen LogP contribution in [0.5, 0.6) is 5.75 Å². The third kappa shape index (κ3) is 4.18. The quantitative estimate of drug-likeness (QED) is 0.704. The molecule has 2 heterocycles. The lowest BCUT2D eigenvalue weighted by Crippen LogP contribution is -2.36. The molecule has 0 radical (unpaired) electrons. The minimum atomic E-state index is -0.294. The Balaban J connectivity index is 1.47. The van der Waals surface area contributed by atoms with Crippen LogP contribution < -0.4 is 15.0 Å². The number of carbonyl (C=O) groups is 1. The van der Waals surface area contributed by atoms with Crippen LogP contribution in [0.15, 0.2) is 71.3 Å². The van der Waals surface area contributed by atoms with Crippen molar-refractivity contribution in [2.75, 3.05) is 36.5 Å². The zero-order valence-electron chi connectivity index (χ0n) is 15.5. The third-order valence-electron chi connectivity index (χ3n) is 4.59. The Labute approximate surface area is 163 Å². The van der Waals surface area contributed by atoms with Gasteiger partial charge in [-0.1, -0.05) is 30.3 Å². The minimum absolute atomic E-state index is 0.257. The summed E-state index contributed by atoms with van der Waals surface area (Å²) < 4.78 is 16.6. The third-order valence-corrected chi connectivity index (χ3v) is 4.59. The van der Waals surface area contributed by atoms with E-state index in [-0.39, 0.29) is 18.3 Å². The molecular formula is C22H22N2O4. The highest BCUT2D eigenvalue weighted by Crippen LogP contribution is 2.27. The number of carbonyl (C=O) groups excluding carboxylic acids is 1. The van der Waals surface area contributed by atoms with E-state index in [4.69, 9.17) is 13.9 Å². The number of nitrogens with zero attached hydrogens (tertiary/aromatic N) is 1. The molecule has 3 aromatic rings. The molecule has 0 spiro atoms. The van der Waals surface area contributed by atoms with Crippen LogP contribution in [0.2, 0.25) is 0 Å². The van der Waals surface area contributed by atoms with Crippen LogP contribution in [0.1, 0.15) is 16.1 Å². The van der Waals surface area contributed by atoms with Crippen molar-refractivity contribution in [1.29, 1.82) is 0 Å². The number of hydrogen-bond acceptors (Lipinski definition) is 5. The van der Waals surface area contributed by atoms with Gasteiger partial charge in [-0.25, -0.2) is 0 Å². The highest BCUT2D eigenvalue weighted by Gasteiger charge is 2.20. The first-order valence-corrected chi connectivity index (χ1v) is 9.28. The first-order chi connectivity index (χ1) is 13.8. The van der Waals surface area contributed by atoms with Gasteiger partial charge in [0.2, 0.25) is 0 Å². The van der Waals surface area contributed by atoms with Crippen molar-refractivity contribution in [1.82, 2.24) is 0 Å². The molecule has 1 saturated heterocycles. The first kappa shape index (κ1) is 18.1. The molecule has 1 amide bonds. The topological polar surface area (TPSA) is 63.9 Å². The molecule has 0 unspecified atom stereocenters. The average Bonchev–Trinajstić information content (AvgIpc) is 3.23. The maximum Gasteiger partial charge on any atom is 0.291 e. The lowest BCUT2D eigenvalue weighted by molar-refractivity contribution is 0.0993. The van der Waals surface area contributed by atoms with Gasteiger partial charge < -0.3 is 24.1 Å². The van der Waals surface area contributed by atoms with Crippen LogP contribution in [-0.2, 0) is 11.3 Å². The zero-order valence-corrected chi connectivity index (χ0v) is 15.5. The molecule has 6 heteroatoms. The number of rotatable bonds is 6. The van der Waals surface area contributed by atoms with E-state index in [0.29, 0.717) is 18.8 Å². The van der Waals surface area contributed by atoms with Gasteiger partial charge in [-0.05, 0) is 30.3 Å². The van der Waals surface area contributed by atoms with Crippen LogP contribution in [0.3, 0.4) is 0 Å². The zero-order chi connectivity index (χ0) is 19.2. The molecular weight excluding hydrogens is 356 g/mol. The molecule has 4 rings (SSSR count). The van der Waals surface area contributed by atoms with Crippen LogP contribution in [0.4, 0.5) is 11.4 Å². The molecule has 144 valence electrons. The fraction of sp³-hybridized carbons (Fsp3) is 0.227. The van der Waals surface area contributed by atoms with Gasteiger partial charge in [-0.2, -0.15) is 0 Å². The van der Waals surface area contributed by atoms with Crippen molar-refractivity contribution in [2.45, 2.75) is 6.61 Å². The highest BCUT2D eigenvalue weighted by molar-refractivity contribution is 6.05. The summed E-state index contributed by atoms with van der Waals surface area (Å²) in [6.07, 6.45) is 1.51. The Morgan fingerprint density at radius 3 is 2.57 bits per heavy atom. The van der Waals surface area contributed by atoms with Crippen LogP contribution >= 0.6 is 0 Å².